The zero-order valence-electron chi connectivity index (χ0n) is 24.7. The Balaban J connectivity index is 1.09. The summed E-state index contributed by atoms with van der Waals surface area (Å²) >= 11 is 0. The molecule has 3 aromatic rings. The highest BCUT2D eigenvalue weighted by atomic mass is 19.1. The lowest BCUT2D eigenvalue weighted by atomic mass is 9.60. The Morgan fingerprint density at radius 3 is 2.56 bits per heavy atom. The molecule has 1 aliphatic heterocycles. The molecule has 3 nitrogen and oxygen atoms in total. The standard InChI is InChI=1S/C39H38FNO2/c1-39(2)33-12-5-6-13-34(33)41(28-11-7-10-27(40)22-28)35-17-15-26-18-23(14-16-29(26)36(35)39)19-32-37(42)30-20-24-8-3-4-9-25(24)21-31(30)38(32)43/h3,5-8,10-17,20-23,32,35-38,42-43H,4,9,18-19H2,1-2H3. The minimum absolute atomic E-state index is 0.0553. The molecule has 0 saturated heterocycles. The van der Waals surface area contributed by atoms with Crippen molar-refractivity contribution in [3.63, 3.8) is 0 Å². The lowest BCUT2D eigenvalue weighted by Gasteiger charge is -2.53. The van der Waals surface area contributed by atoms with Gasteiger partial charge in [-0.2, -0.15) is 0 Å². The highest BCUT2D eigenvalue weighted by molar-refractivity contribution is 5.74. The molecule has 1 heterocycles. The smallest absolute Gasteiger partial charge is 0.125 e. The van der Waals surface area contributed by atoms with E-state index in [0.717, 1.165) is 48.2 Å². The molecule has 6 atom stereocenters. The molecule has 4 aliphatic carbocycles. The number of para-hydroxylation sites is 1. The second kappa shape index (κ2) is 9.90. The first-order valence-electron chi connectivity index (χ1n) is 15.7. The summed E-state index contributed by atoms with van der Waals surface area (Å²) in [5, 5.41) is 22.8. The Bertz CT molecular complexity index is 1750. The molecule has 0 bridgehead atoms. The zero-order chi connectivity index (χ0) is 29.5. The van der Waals surface area contributed by atoms with E-state index in [1.54, 1.807) is 12.1 Å². The molecule has 3 aromatic carbocycles. The Labute approximate surface area is 253 Å². The van der Waals surface area contributed by atoms with E-state index in [9.17, 15) is 14.6 Å². The van der Waals surface area contributed by atoms with E-state index in [-0.39, 0.29) is 35.0 Å². The van der Waals surface area contributed by atoms with Gasteiger partial charge < -0.3 is 15.1 Å². The average Bonchev–Trinajstić information content (AvgIpc) is 3.23. The van der Waals surface area contributed by atoms with Gasteiger partial charge in [0.15, 0.2) is 0 Å². The van der Waals surface area contributed by atoms with Crippen LogP contribution in [-0.4, -0.2) is 16.3 Å². The normalized spacial score (nSPS) is 29.6. The number of anilines is 2. The third-order valence-electron chi connectivity index (χ3n) is 10.8. The quantitative estimate of drug-likeness (QED) is 0.332. The van der Waals surface area contributed by atoms with Crippen molar-refractivity contribution < 1.29 is 14.6 Å². The number of hydrogen-bond acceptors (Lipinski definition) is 3. The van der Waals surface area contributed by atoms with Crippen LogP contribution in [0.2, 0.25) is 0 Å². The van der Waals surface area contributed by atoms with Crippen molar-refractivity contribution in [1.29, 1.82) is 0 Å². The fourth-order valence-electron chi connectivity index (χ4n) is 8.77. The molecule has 218 valence electrons. The zero-order valence-corrected chi connectivity index (χ0v) is 24.7. The van der Waals surface area contributed by atoms with Crippen LogP contribution in [0, 0.1) is 23.6 Å². The predicted octanol–water partition coefficient (Wildman–Crippen LogP) is 8.43. The molecule has 4 heteroatoms. The largest absolute Gasteiger partial charge is 0.388 e. The maximum absolute atomic E-state index is 14.5. The summed E-state index contributed by atoms with van der Waals surface area (Å²) < 4.78 is 14.5. The molecular weight excluding hydrogens is 533 g/mol. The summed E-state index contributed by atoms with van der Waals surface area (Å²) in [6, 6.07) is 19.8. The van der Waals surface area contributed by atoms with Gasteiger partial charge in [-0.15, -0.1) is 0 Å². The monoisotopic (exact) mass is 571 g/mol. The Morgan fingerprint density at radius 1 is 0.907 bits per heavy atom. The van der Waals surface area contributed by atoms with Crippen LogP contribution in [-0.2, 0) is 11.8 Å². The SMILES string of the molecule is CC1(C)c2ccccc2N(c2cccc(F)c2)C2C=CC3=C(C=CC(CC4C(O)c5cc6c(cc5C4O)CCC=C6)C3)C21. The van der Waals surface area contributed by atoms with Crippen LogP contribution >= 0.6 is 0 Å². The van der Waals surface area contributed by atoms with Crippen molar-refractivity contribution in [2.75, 3.05) is 4.90 Å². The van der Waals surface area contributed by atoms with Crippen LogP contribution in [0.5, 0.6) is 0 Å². The number of rotatable bonds is 3. The lowest BCUT2D eigenvalue weighted by Crippen LogP contribution is -2.52. The summed E-state index contributed by atoms with van der Waals surface area (Å²) in [6.45, 7) is 4.68. The third kappa shape index (κ3) is 4.14. The van der Waals surface area contributed by atoms with Crippen LogP contribution in [0.15, 0.2) is 102 Å². The van der Waals surface area contributed by atoms with Gasteiger partial charge >= 0.3 is 0 Å². The maximum atomic E-state index is 14.5. The molecule has 0 amide bonds. The molecule has 8 rings (SSSR count). The van der Waals surface area contributed by atoms with Crippen molar-refractivity contribution in [3.05, 3.63) is 136 Å². The number of aliphatic hydroxyl groups is 2. The van der Waals surface area contributed by atoms with Crippen molar-refractivity contribution >= 4 is 17.5 Å². The molecular formula is C39H38FNO2. The number of fused-ring (bicyclic) bond motifs is 5. The fourth-order valence-corrected chi connectivity index (χ4v) is 8.77. The summed E-state index contributed by atoms with van der Waals surface area (Å²) in [7, 11) is 0. The molecule has 0 radical (unpaired) electrons. The predicted molar refractivity (Wildman–Crippen MR) is 171 cm³/mol. The van der Waals surface area contributed by atoms with Crippen LogP contribution in [0.1, 0.15) is 73.1 Å². The van der Waals surface area contributed by atoms with Crippen LogP contribution in [0.25, 0.3) is 6.08 Å². The van der Waals surface area contributed by atoms with Gasteiger partial charge in [0.1, 0.15) is 5.82 Å². The highest BCUT2D eigenvalue weighted by Crippen LogP contribution is 2.55. The van der Waals surface area contributed by atoms with E-state index in [0.29, 0.717) is 0 Å². The van der Waals surface area contributed by atoms with E-state index in [1.165, 1.54) is 33.9 Å². The highest BCUT2D eigenvalue weighted by Gasteiger charge is 2.49. The topological polar surface area (TPSA) is 43.7 Å². The van der Waals surface area contributed by atoms with E-state index in [2.05, 4.69) is 91.6 Å². The van der Waals surface area contributed by atoms with Gasteiger partial charge in [-0.05, 0) is 101 Å². The molecule has 0 spiro atoms. The summed E-state index contributed by atoms with van der Waals surface area (Å²) in [5.41, 5.74) is 10.1. The second-order valence-electron chi connectivity index (χ2n) is 13.6. The van der Waals surface area contributed by atoms with E-state index < -0.39 is 12.2 Å². The Hall–Kier alpha value is -3.73. The molecule has 5 aliphatic rings. The van der Waals surface area contributed by atoms with Crippen LogP contribution < -0.4 is 4.90 Å². The molecule has 0 aromatic heterocycles. The van der Waals surface area contributed by atoms with E-state index >= 15 is 0 Å². The third-order valence-corrected chi connectivity index (χ3v) is 10.8. The molecule has 2 N–H and O–H groups in total. The molecule has 0 saturated carbocycles. The maximum Gasteiger partial charge on any atom is 0.125 e. The number of allylic oxidation sites excluding steroid dienone is 5. The van der Waals surface area contributed by atoms with Crippen molar-refractivity contribution in [1.82, 2.24) is 0 Å². The van der Waals surface area contributed by atoms with E-state index in [1.807, 2.05) is 6.07 Å². The van der Waals surface area contributed by atoms with E-state index in [4.69, 9.17) is 0 Å². The van der Waals surface area contributed by atoms with Gasteiger partial charge in [-0.25, -0.2) is 4.39 Å². The van der Waals surface area contributed by atoms with Gasteiger partial charge in [0.05, 0.1) is 18.2 Å². The fraction of sp³-hybridized carbons (Fsp3) is 0.333. The number of nitrogens with zero attached hydrogens (tertiary/aromatic N) is 1. The first kappa shape index (κ1) is 26.9. The first-order chi connectivity index (χ1) is 20.8. The second-order valence-corrected chi connectivity index (χ2v) is 13.6. The van der Waals surface area contributed by atoms with Crippen molar-refractivity contribution in [2.24, 2.45) is 17.8 Å². The van der Waals surface area contributed by atoms with Gasteiger partial charge in [0.2, 0.25) is 0 Å². The average molecular weight is 572 g/mol. The number of aryl methyl sites for hydroxylation is 1. The van der Waals surface area contributed by atoms with Crippen molar-refractivity contribution in [3.8, 4) is 0 Å². The first-order valence-corrected chi connectivity index (χ1v) is 15.7. The summed E-state index contributed by atoms with van der Waals surface area (Å²) in [6.07, 6.45) is 15.9. The van der Waals surface area contributed by atoms with Gasteiger partial charge in [-0.3, -0.25) is 0 Å². The van der Waals surface area contributed by atoms with Crippen molar-refractivity contribution in [2.45, 2.75) is 63.2 Å². The minimum atomic E-state index is -0.658. The number of hydrogen-bond donors (Lipinski definition) is 2. The Kier molecular flexibility index (Phi) is 6.19. The molecule has 6 unspecified atom stereocenters. The summed E-state index contributed by atoms with van der Waals surface area (Å²) in [4.78, 5) is 2.31. The van der Waals surface area contributed by atoms with Crippen LogP contribution in [0.3, 0.4) is 0 Å². The van der Waals surface area contributed by atoms with Crippen LogP contribution in [0.4, 0.5) is 15.8 Å². The van der Waals surface area contributed by atoms with Gasteiger partial charge in [-0.1, -0.05) is 80.6 Å². The molecule has 0 fully saturated rings. The minimum Gasteiger partial charge on any atom is -0.388 e. The molecule has 43 heavy (non-hydrogen) atoms. The summed E-state index contributed by atoms with van der Waals surface area (Å²) in [5.74, 6) is -0.0292. The number of halogens is 1. The number of aliphatic hydroxyl groups excluding tert-OH is 2. The Morgan fingerprint density at radius 2 is 1.72 bits per heavy atom. The van der Waals surface area contributed by atoms with Gasteiger partial charge in [0, 0.05) is 28.6 Å². The number of benzene rings is 3. The lowest BCUT2D eigenvalue weighted by molar-refractivity contribution is 0.0238. The van der Waals surface area contributed by atoms with Gasteiger partial charge in [0.25, 0.3) is 0 Å².